The summed E-state index contributed by atoms with van der Waals surface area (Å²) >= 11 is 0. The molecule has 1 atom stereocenters. The van der Waals surface area contributed by atoms with E-state index < -0.39 is 16.1 Å². The van der Waals surface area contributed by atoms with Crippen molar-refractivity contribution < 1.29 is 13.5 Å². The predicted molar refractivity (Wildman–Crippen MR) is 64.1 cm³/mol. The fourth-order valence-corrected chi connectivity index (χ4v) is 2.78. The molecule has 0 aromatic carbocycles. The highest BCUT2D eigenvalue weighted by Crippen LogP contribution is 2.10. The first-order valence-corrected chi connectivity index (χ1v) is 7.09. The fraction of sp³-hybridized carbons (Fsp3) is 0.700. The summed E-state index contributed by atoms with van der Waals surface area (Å²) in [7, 11) is -3.64. The minimum Gasteiger partial charge on any atom is -0.395 e. The highest BCUT2D eigenvalue weighted by atomic mass is 32.2. The lowest BCUT2D eigenvalue weighted by Gasteiger charge is -2.12. The first kappa shape index (κ1) is 14.1. The summed E-state index contributed by atoms with van der Waals surface area (Å²) in [6.07, 6.45) is 2.03. The maximum absolute atomic E-state index is 11.9. The van der Waals surface area contributed by atoms with E-state index in [2.05, 4.69) is 9.71 Å². The third-order valence-corrected chi connectivity index (χ3v) is 4.00. The molecule has 0 radical (unpaired) electrons. The molecule has 0 aliphatic rings. The van der Waals surface area contributed by atoms with E-state index in [1.165, 1.54) is 6.20 Å². The van der Waals surface area contributed by atoms with Gasteiger partial charge in [0.05, 0.1) is 6.61 Å². The van der Waals surface area contributed by atoms with Crippen LogP contribution in [0.1, 0.15) is 26.1 Å². The van der Waals surface area contributed by atoms with Gasteiger partial charge in [0.25, 0.3) is 10.0 Å². The molecule has 0 amide bonds. The van der Waals surface area contributed by atoms with Gasteiger partial charge in [0, 0.05) is 18.8 Å². The Balaban J connectivity index is 2.96. The molecule has 0 spiro atoms. The zero-order valence-corrected chi connectivity index (χ0v) is 11.2. The molecule has 0 saturated heterocycles. The van der Waals surface area contributed by atoms with Crippen LogP contribution in [0.4, 0.5) is 0 Å². The largest absolute Gasteiger partial charge is 0.395 e. The number of aryl methyl sites for hydroxylation is 2. The first-order valence-electron chi connectivity index (χ1n) is 5.61. The molecule has 1 rings (SSSR count). The van der Waals surface area contributed by atoms with Gasteiger partial charge in [0.15, 0.2) is 5.03 Å². The van der Waals surface area contributed by atoms with Crippen molar-refractivity contribution in [3.8, 4) is 0 Å². The Labute approximate surface area is 102 Å². The summed E-state index contributed by atoms with van der Waals surface area (Å²) in [5.74, 6) is 0.657. The van der Waals surface area contributed by atoms with Gasteiger partial charge in [0.1, 0.15) is 5.82 Å². The van der Waals surface area contributed by atoms with Crippen molar-refractivity contribution in [3.63, 3.8) is 0 Å². The van der Waals surface area contributed by atoms with Crippen LogP contribution in [0, 0.1) is 6.92 Å². The van der Waals surface area contributed by atoms with Crippen molar-refractivity contribution in [2.75, 3.05) is 6.61 Å². The van der Waals surface area contributed by atoms with Gasteiger partial charge in [-0.2, -0.15) is 0 Å². The highest BCUT2D eigenvalue weighted by molar-refractivity contribution is 7.89. The van der Waals surface area contributed by atoms with Gasteiger partial charge in [-0.25, -0.2) is 18.1 Å². The van der Waals surface area contributed by atoms with E-state index >= 15 is 0 Å². The Morgan fingerprint density at radius 3 is 2.59 bits per heavy atom. The SMILES string of the molecule is CC[C@@H](CO)NS(=O)(=O)c1cn(CC)c(C)n1. The fourth-order valence-electron chi connectivity index (χ4n) is 1.46. The molecule has 7 heteroatoms. The molecule has 0 unspecified atom stereocenters. The van der Waals surface area contributed by atoms with E-state index in [0.717, 1.165) is 0 Å². The number of hydrogen-bond acceptors (Lipinski definition) is 4. The number of nitrogens with one attached hydrogen (secondary N) is 1. The predicted octanol–water partition coefficient (Wildman–Crippen LogP) is 0.261. The Morgan fingerprint density at radius 1 is 1.53 bits per heavy atom. The minimum atomic E-state index is -3.64. The summed E-state index contributed by atoms with van der Waals surface area (Å²) in [5, 5.41) is 8.99. The first-order chi connectivity index (χ1) is 7.94. The molecule has 1 aromatic heterocycles. The molecule has 0 aliphatic carbocycles. The maximum Gasteiger partial charge on any atom is 0.259 e. The number of nitrogens with zero attached hydrogens (tertiary/aromatic N) is 2. The number of aliphatic hydroxyl groups excluding tert-OH is 1. The second kappa shape index (κ2) is 5.61. The Hall–Kier alpha value is -0.920. The van der Waals surface area contributed by atoms with E-state index in [0.29, 0.717) is 18.8 Å². The average Bonchev–Trinajstić information content (AvgIpc) is 2.68. The van der Waals surface area contributed by atoms with Gasteiger partial charge in [-0.1, -0.05) is 6.92 Å². The lowest BCUT2D eigenvalue weighted by Crippen LogP contribution is -2.37. The summed E-state index contributed by atoms with van der Waals surface area (Å²) < 4.78 is 28.1. The second-order valence-electron chi connectivity index (χ2n) is 3.82. The van der Waals surface area contributed by atoms with Crippen LogP contribution in [0.2, 0.25) is 0 Å². The molecule has 0 saturated carbocycles. The highest BCUT2D eigenvalue weighted by Gasteiger charge is 2.21. The standard InChI is InChI=1S/C10H19N3O3S/c1-4-9(7-14)12-17(15,16)10-6-13(5-2)8(3)11-10/h6,9,12,14H,4-5,7H2,1-3H3/t9-/m0/s1. The van der Waals surface area contributed by atoms with Gasteiger partial charge in [0.2, 0.25) is 0 Å². The van der Waals surface area contributed by atoms with Gasteiger partial charge in [-0.3, -0.25) is 0 Å². The number of sulfonamides is 1. The third kappa shape index (κ3) is 3.27. The quantitative estimate of drug-likeness (QED) is 0.769. The molecule has 2 N–H and O–H groups in total. The van der Waals surface area contributed by atoms with Crippen molar-refractivity contribution in [2.45, 2.75) is 44.8 Å². The molecule has 17 heavy (non-hydrogen) atoms. The maximum atomic E-state index is 11.9. The van der Waals surface area contributed by atoms with Crippen LogP contribution in [0.15, 0.2) is 11.2 Å². The molecular formula is C10H19N3O3S. The van der Waals surface area contributed by atoms with Crippen LogP contribution in [-0.4, -0.2) is 35.7 Å². The van der Waals surface area contributed by atoms with E-state index in [-0.39, 0.29) is 11.6 Å². The van der Waals surface area contributed by atoms with E-state index in [4.69, 9.17) is 5.11 Å². The van der Waals surface area contributed by atoms with Crippen LogP contribution >= 0.6 is 0 Å². The van der Waals surface area contributed by atoms with Crippen LogP contribution in [0.5, 0.6) is 0 Å². The lowest BCUT2D eigenvalue weighted by atomic mass is 10.3. The molecule has 6 nitrogen and oxygen atoms in total. The summed E-state index contributed by atoms with van der Waals surface area (Å²) in [6.45, 7) is 5.93. The van der Waals surface area contributed by atoms with Crippen molar-refractivity contribution in [3.05, 3.63) is 12.0 Å². The van der Waals surface area contributed by atoms with Crippen LogP contribution in [-0.2, 0) is 16.6 Å². The monoisotopic (exact) mass is 261 g/mol. The number of imidazole rings is 1. The van der Waals surface area contributed by atoms with Crippen molar-refractivity contribution >= 4 is 10.0 Å². The molecule has 0 fully saturated rings. The van der Waals surface area contributed by atoms with Gasteiger partial charge in [-0.15, -0.1) is 0 Å². The zero-order valence-electron chi connectivity index (χ0n) is 10.3. The lowest BCUT2D eigenvalue weighted by molar-refractivity contribution is 0.253. The van der Waals surface area contributed by atoms with Gasteiger partial charge in [-0.05, 0) is 20.3 Å². The topological polar surface area (TPSA) is 84.2 Å². The van der Waals surface area contributed by atoms with Crippen molar-refractivity contribution in [1.29, 1.82) is 0 Å². The molecule has 0 bridgehead atoms. The average molecular weight is 261 g/mol. The number of aliphatic hydroxyl groups is 1. The zero-order chi connectivity index (χ0) is 13.1. The molecular weight excluding hydrogens is 242 g/mol. The Kier molecular flexibility index (Phi) is 4.67. The minimum absolute atomic E-state index is 0.00347. The van der Waals surface area contributed by atoms with Crippen LogP contribution < -0.4 is 4.72 Å². The Morgan fingerprint density at radius 2 is 2.18 bits per heavy atom. The van der Waals surface area contributed by atoms with Crippen LogP contribution in [0.25, 0.3) is 0 Å². The van der Waals surface area contributed by atoms with E-state index in [9.17, 15) is 8.42 Å². The summed E-state index contributed by atoms with van der Waals surface area (Å²) in [4.78, 5) is 4.01. The molecule has 1 heterocycles. The van der Waals surface area contributed by atoms with Gasteiger partial charge < -0.3 is 9.67 Å². The molecule has 0 aliphatic heterocycles. The summed E-state index contributed by atoms with van der Waals surface area (Å²) in [6, 6.07) is -0.466. The molecule has 1 aromatic rings. The number of aromatic nitrogens is 2. The van der Waals surface area contributed by atoms with Crippen LogP contribution in [0.3, 0.4) is 0 Å². The van der Waals surface area contributed by atoms with Gasteiger partial charge >= 0.3 is 0 Å². The normalized spacial score (nSPS) is 13.9. The summed E-state index contributed by atoms with van der Waals surface area (Å²) in [5.41, 5.74) is 0. The smallest absolute Gasteiger partial charge is 0.259 e. The molecule has 98 valence electrons. The van der Waals surface area contributed by atoms with Crippen molar-refractivity contribution in [1.82, 2.24) is 14.3 Å². The number of rotatable bonds is 6. The Bertz CT molecular complexity index is 463. The van der Waals surface area contributed by atoms with E-state index in [1.54, 1.807) is 18.4 Å². The van der Waals surface area contributed by atoms with Crippen molar-refractivity contribution in [2.24, 2.45) is 0 Å². The third-order valence-electron chi connectivity index (χ3n) is 2.60. The second-order valence-corrected chi connectivity index (χ2v) is 5.48. The number of hydrogen-bond donors (Lipinski definition) is 2. The van der Waals surface area contributed by atoms with E-state index in [1.807, 2.05) is 6.92 Å².